The Morgan fingerprint density at radius 1 is 1.20 bits per heavy atom. The first-order valence-electron chi connectivity index (χ1n) is 9.58. The topological polar surface area (TPSA) is 76.5 Å². The maximum absolute atomic E-state index is 12.8. The van der Waals surface area contributed by atoms with Gasteiger partial charge in [0.25, 0.3) is 0 Å². The number of halogens is 2. The molecule has 0 saturated heterocycles. The summed E-state index contributed by atoms with van der Waals surface area (Å²) >= 11 is 12.2. The average Bonchev–Trinajstić information content (AvgIpc) is 3.06. The molecule has 2 rings (SSSR count). The van der Waals surface area contributed by atoms with E-state index >= 15 is 0 Å². The van der Waals surface area contributed by atoms with Gasteiger partial charge in [-0.05, 0) is 32.0 Å². The van der Waals surface area contributed by atoms with E-state index in [1.54, 1.807) is 22.9 Å². The minimum absolute atomic E-state index is 0.0825. The number of anilines is 1. The molecule has 0 atom stereocenters. The van der Waals surface area contributed by atoms with Crippen LogP contribution >= 0.6 is 23.2 Å². The lowest BCUT2D eigenvalue weighted by atomic mass is 9.92. The van der Waals surface area contributed by atoms with Gasteiger partial charge in [-0.25, -0.2) is 4.68 Å². The van der Waals surface area contributed by atoms with Crippen molar-refractivity contribution in [2.24, 2.45) is 0 Å². The summed E-state index contributed by atoms with van der Waals surface area (Å²) < 4.78 is 6.52. The van der Waals surface area contributed by atoms with Crippen LogP contribution in [0.5, 0.6) is 0 Å². The summed E-state index contributed by atoms with van der Waals surface area (Å²) in [5, 5.41) is 8.34. The van der Waals surface area contributed by atoms with Gasteiger partial charge in [0.1, 0.15) is 19.0 Å². The number of nitrogens with zero attached hydrogens (tertiary/aromatic N) is 3. The van der Waals surface area contributed by atoms with Crippen LogP contribution in [-0.4, -0.2) is 52.8 Å². The van der Waals surface area contributed by atoms with Crippen LogP contribution in [0.1, 0.15) is 40.3 Å². The third-order valence-corrected chi connectivity index (χ3v) is 5.16. The highest BCUT2D eigenvalue weighted by atomic mass is 35.5. The van der Waals surface area contributed by atoms with Gasteiger partial charge >= 0.3 is 0 Å². The Kier molecular flexibility index (Phi) is 7.91. The molecule has 30 heavy (non-hydrogen) atoms. The molecule has 0 bridgehead atoms. The van der Waals surface area contributed by atoms with E-state index in [-0.39, 0.29) is 36.4 Å². The van der Waals surface area contributed by atoms with Crippen LogP contribution in [0.4, 0.5) is 5.82 Å². The fourth-order valence-corrected chi connectivity index (χ4v) is 3.04. The van der Waals surface area contributed by atoms with Gasteiger partial charge < -0.3 is 15.0 Å². The molecule has 0 fully saturated rings. The molecule has 2 aromatic rings. The van der Waals surface area contributed by atoms with Crippen molar-refractivity contribution in [3.05, 3.63) is 40.0 Å². The van der Waals surface area contributed by atoms with Crippen molar-refractivity contribution in [2.75, 3.05) is 25.6 Å². The van der Waals surface area contributed by atoms with E-state index < -0.39 is 0 Å². The van der Waals surface area contributed by atoms with Crippen LogP contribution < -0.4 is 5.32 Å². The zero-order valence-corrected chi connectivity index (χ0v) is 19.6. The van der Waals surface area contributed by atoms with E-state index in [1.807, 2.05) is 40.7 Å². The minimum Gasteiger partial charge on any atom is -0.375 e. The molecule has 164 valence electrons. The number of ether oxygens (including phenoxy) is 1. The minimum atomic E-state index is -0.338. The number of carbonyl (C=O) groups excluding carboxylic acids is 2. The van der Waals surface area contributed by atoms with Crippen LogP contribution in [-0.2, 0) is 19.7 Å². The Labute approximate surface area is 187 Å². The molecule has 0 aliphatic heterocycles. The summed E-state index contributed by atoms with van der Waals surface area (Å²) in [4.78, 5) is 26.5. The molecule has 0 unspecified atom stereocenters. The lowest BCUT2D eigenvalue weighted by molar-refractivity contribution is -0.139. The highest BCUT2D eigenvalue weighted by Crippen LogP contribution is 2.29. The SMILES string of the molecule is COCC(=O)N(CC(=O)Nc1cc(C(C)(C)C)nn1-c1ccc(Cl)c(Cl)c1)C(C)C. The quantitative estimate of drug-likeness (QED) is 0.676. The number of benzene rings is 1. The van der Waals surface area contributed by atoms with Crippen molar-refractivity contribution >= 4 is 40.8 Å². The summed E-state index contributed by atoms with van der Waals surface area (Å²) in [6, 6.07) is 6.79. The van der Waals surface area contributed by atoms with Crippen LogP contribution in [0.3, 0.4) is 0 Å². The maximum Gasteiger partial charge on any atom is 0.249 e. The average molecular weight is 455 g/mol. The molecule has 1 aromatic heterocycles. The third kappa shape index (κ3) is 5.97. The Morgan fingerprint density at radius 3 is 2.40 bits per heavy atom. The predicted octanol–water partition coefficient (Wildman–Crippen LogP) is 4.30. The van der Waals surface area contributed by atoms with E-state index in [2.05, 4.69) is 10.4 Å². The highest BCUT2D eigenvalue weighted by Gasteiger charge is 2.24. The van der Waals surface area contributed by atoms with Crippen LogP contribution in [0, 0.1) is 0 Å². The summed E-state index contributed by atoms with van der Waals surface area (Å²) in [5.41, 5.74) is 1.21. The van der Waals surface area contributed by atoms with Crippen molar-refractivity contribution in [3.63, 3.8) is 0 Å². The Bertz CT molecular complexity index is 919. The standard InChI is InChI=1S/C21H28Cl2N4O3/c1-13(2)26(20(29)12-30-6)11-19(28)24-18-10-17(21(3,4)5)25-27(18)14-7-8-15(22)16(23)9-14/h7-10,13H,11-12H2,1-6H3,(H,24,28). The third-order valence-electron chi connectivity index (χ3n) is 4.42. The van der Waals surface area contributed by atoms with Crippen molar-refractivity contribution in [2.45, 2.75) is 46.1 Å². The van der Waals surface area contributed by atoms with E-state index in [0.29, 0.717) is 21.6 Å². The molecule has 0 aliphatic carbocycles. The Balaban J connectivity index is 2.35. The number of hydrogen-bond acceptors (Lipinski definition) is 4. The first-order chi connectivity index (χ1) is 13.9. The molecule has 1 heterocycles. The summed E-state index contributed by atoms with van der Waals surface area (Å²) in [5.74, 6) is -0.114. The normalized spacial score (nSPS) is 11.6. The molecule has 0 saturated carbocycles. The Hall–Kier alpha value is -2.09. The number of amides is 2. The zero-order valence-electron chi connectivity index (χ0n) is 18.1. The van der Waals surface area contributed by atoms with Crippen LogP contribution in [0.15, 0.2) is 24.3 Å². The van der Waals surface area contributed by atoms with Gasteiger partial charge in [0.15, 0.2) is 0 Å². The molecule has 1 aromatic carbocycles. The fraction of sp³-hybridized carbons (Fsp3) is 0.476. The molecule has 1 N–H and O–H groups in total. The van der Waals surface area contributed by atoms with Gasteiger partial charge in [-0.15, -0.1) is 0 Å². The lowest BCUT2D eigenvalue weighted by Gasteiger charge is -2.25. The molecule has 0 spiro atoms. The van der Waals surface area contributed by atoms with E-state index in [9.17, 15) is 9.59 Å². The van der Waals surface area contributed by atoms with Crippen LogP contribution in [0.2, 0.25) is 10.0 Å². The number of methoxy groups -OCH3 is 1. The lowest BCUT2D eigenvalue weighted by Crippen LogP contribution is -2.44. The van der Waals surface area contributed by atoms with Gasteiger partial charge in [0.05, 0.1) is 21.4 Å². The van der Waals surface area contributed by atoms with E-state index in [1.165, 1.54) is 12.0 Å². The molecular weight excluding hydrogens is 427 g/mol. The molecule has 7 nitrogen and oxygen atoms in total. The Morgan fingerprint density at radius 2 is 1.87 bits per heavy atom. The largest absolute Gasteiger partial charge is 0.375 e. The van der Waals surface area contributed by atoms with Crippen molar-refractivity contribution in [3.8, 4) is 5.69 Å². The number of nitrogens with one attached hydrogen (secondary N) is 1. The smallest absolute Gasteiger partial charge is 0.249 e. The second-order valence-corrected chi connectivity index (χ2v) is 9.09. The van der Waals surface area contributed by atoms with E-state index in [4.69, 9.17) is 27.9 Å². The molecule has 9 heteroatoms. The van der Waals surface area contributed by atoms with Crippen molar-refractivity contribution < 1.29 is 14.3 Å². The predicted molar refractivity (Wildman–Crippen MR) is 120 cm³/mol. The number of rotatable bonds is 7. The van der Waals surface area contributed by atoms with Gasteiger partial charge in [-0.2, -0.15) is 5.10 Å². The van der Waals surface area contributed by atoms with Gasteiger partial charge in [0.2, 0.25) is 11.8 Å². The summed E-state index contributed by atoms with van der Waals surface area (Å²) in [7, 11) is 1.44. The summed E-state index contributed by atoms with van der Waals surface area (Å²) in [6.07, 6.45) is 0. The zero-order chi connectivity index (χ0) is 22.6. The monoisotopic (exact) mass is 454 g/mol. The number of carbonyl (C=O) groups is 2. The van der Waals surface area contributed by atoms with Crippen molar-refractivity contribution in [1.82, 2.24) is 14.7 Å². The second kappa shape index (κ2) is 9.81. The molecular formula is C21H28Cl2N4O3. The number of aromatic nitrogens is 2. The number of hydrogen-bond donors (Lipinski definition) is 1. The summed E-state index contributed by atoms with van der Waals surface area (Å²) in [6.45, 7) is 9.60. The van der Waals surface area contributed by atoms with Crippen molar-refractivity contribution in [1.29, 1.82) is 0 Å². The second-order valence-electron chi connectivity index (χ2n) is 8.27. The first-order valence-corrected chi connectivity index (χ1v) is 10.3. The van der Waals surface area contributed by atoms with E-state index in [0.717, 1.165) is 5.69 Å². The molecule has 2 amide bonds. The van der Waals surface area contributed by atoms with Gasteiger partial charge in [-0.3, -0.25) is 9.59 Å². The maximum atomic E-state index is 12.8. The van der Waals surface area contributed by atoms with Crippen LogP contribution in [0.25, 0.3) is 5.69 Å². The fourth-order valence-electron chi connectivity index (χ4n) is 2.75. The van der Waals surface area contributed by atoms with Gasteiger partial charge in [0, 0.05) is 24.6 Å². The molecule has 0 aliphatic rings. The van der Waals surface area contributed by atoms with Gasteiger partial charge in [-0.1, -0.05) is 44.0 Å². The highest BCUT2D eigenvalue weighted by molar-refractivity contribution is 6.42. The first kappa shape index (κ1) is 24.2. The molecule has 0 radical (unpaired) electrons.